The summed E-state index contributed by atoms with van der Waals surface area (Å²) in [6.45, 7) is 9.24. The van der Waals surface area contributed by atoms with Crippen LogP contribution in [0.25, 0.3) is 0 Å². The van der Waals surface area contributed by atoms with Crippen molar-refractivity contribution in [2.24, 2.45) is 11.8 Å². The lowest BCUT2D eigenvalue weighted by Gasteiger charge is -2.40. The maximum Gasteiger partial charge on any atom is 0.225 e. The van der Waals surface area contributed by atoms with Crippen molar-refractivity contribution in [2.45, 2.75) is 39.5 Å². The van der Waals surface area contributed by atoms with Crippen LogP contribution in [0, 0.1) is 25.7 Å². The van der Waals surface area contributed by atoms with E-state index in [0.29, 0.717) is 11.8 Å². The van der Waals surface area contributed by atoms with E-state index in [2.05, 4.69) is 36.9 Å². The Morgan fingerprint density at radius 2 is 1.33 bits per heavy atom. The molecule has 5 heteroatoms. The number of benzene rings is 1. The summed E-state index contributed by atoms with van der Waals surface area (Å²) < 4.78 is 0. The van der Waals surface area contributed by atoms with Crippen LogP contribution >= 0.6 is 0 Å². The van der Waals surface area contributed by atoms with Gasteiger partial charge in [-0.2, -0.15) is 0 Å². The second-order valence-electron chi connectivity index (χ2n) is 8.41. The number of piperidine rings is 1. The first-order valence-electron chi connectivity index (χ1n) is 10.4. The minimum atomic E-state index is 0.0977. The molecule has 2 saturated heterocycles. The van der Waals surface area contributed by atoms with E-state index < -0.39 is 0 Å². The predicted molar refractivity (Wildman–Crippen MR) is 107 cm³/mol. The third kappa shape index (κ3) is 3.83. The SMILES string of the molecule is Cc1cccc(N2CCN(C(=O)C3CCN(C(=O)C4CC4)CC3)CC2)c1C. The second kappa shape index (κ2) is 7.53. The molecular weight excluding hydrogens is 338 g/mol. The van der Waals surface area contributed by atoms with Gasteiger partial charge < -0.3 is 14.7 Å². The fraction of sp³-hybridized carbons (Fsp3) is 0.636. The van der Waals surface area contributed by atoms with Gasteiger partial charge in [-0.05, 0) is 56.7 Å². The molecule has 0 N–H and O–H groups in total. The Kier molecular flexibility index (Phi) is 5.11. The van der Waals surface area contributed by atoms with E-state index in [1.165, 1.54) is 16.8 Å². The Morgan fingerprint density at radius 1 is 0.778 bits per heavy atom. The van der Waals surface area contributed by atoms with Gasteiger partial charge in [-0.25, -0.2) is 0 Å². The van der Waals surface area contributed by atoms with E-state index >= 15 is 0 Å². The molecule has 27 heavy (non-hydrogen) atoms. The lowest BCUT2D eigenvalue weighted by molar-refractivity contribution is -0.141. The van der Waals surface area contributed by atoms with Crippen LogP contribution < -0.4 is 4.90 Å². The minimum Gasteiger partial charge on any atom is -0.368 e. The molecule has 1 aromatic rings. The molecule has 146 valence electrons. The molecule has 1 aromatic carbocycles. The summed E-state index contributed by atoms with van der Waals surface area (Å²) in [5.74, 6) is 1.01. The number of likely N-dealkylation sites (tertiary alicyclic amines) is 1. The number of hydrogen-bond donors (Lipinski definition) is 0. The van der Waals surface area contributed by atoms with Crippen LogP contribution in [0.4, 0.5) is 5.69 Å². The third-order valence-corrected chi connectivity index (χ3v) is 6.59. The molecule has 0 unspecified atom stereocenters. The van der Waals surface area contributed by atoms with Crippen molar-refractivity contribution in [3.63, 3.8) is 0 Å². The Labute approximate surface area is 162 Å². The van der Waals surface area contributed by atoms with Gasteiger partial charge in [-0.3, -0.25) is 9.59 Å². The molecular formula is C22H31N3O2. The summed E-state index contributed by atoms with van der Waals surface area (Å²) in [5, 5.41) is 0. The molecule has 1 saturated carbocycles. The molecule has 2 amide bonds. The molecule has 0 atom stereocenters. The largest absolute Gasteiger partial charge is 0.368 e. The standard InChI is InChI=1S/C22H31N3O2/c1-16-4-3-5-20(17(16)2)23-12-14-25(15-13-23)22(27)19-8-10-24(11-9-19)21(26)18-6-7-18/h3-5,18-19H,6-15H2,1-2H3. The highest BCUT2D eigenvalue weighted by Crippen LogP contribution is 2.33. The number of hydrogen-bond acceptors (Lipinski definition) is 3. The van der Waals surface area contributed by atoms with Gasteiger partial charge in [-0.1, -0.05) is 12.1 Å². The average Bonchev–Trinajstić information content (AvgIpc) is 3.55. The topological polar surface area (TPSA) is 43.9 Å². The van der Waals surface area contributed by atoms with E-state index in [1.54, 1.807) is 0 Å². The molecule has 5 nitrogen and oxygen atoms in total. The smallest absolute Gasteiger partial charge is 0.225 e. The van der Waals surface area contributed by atoms with Crippen molar-refractivity contribution in [2.75, 3.05) is 44.2 Å². The van der Waals surface area contributed by atoms with Crippen molar-refractivity contribution < 1.29 is 9.59 Å². The number of rotatable bonds is 3. The average molecular weight is 370 g/mol. The van der Waals surface area contributed by atoms with E-state index in [-0.39, 0.29) is 11.8 Å². The Balaban J connectivity index is 1.29. The number of carbonyl (C=O) groups excluding carboxylic acids is 2. The van der Waals surface area contributed by atoms with Crippen LogP contribution in [-0.4, -0.2) is 60.9 Å². The molecule has 4 rings (SSSR count). The van der Waals surface area contributed by atoms with Gasteiger partial charge in [0.05, 0.1) is 0 Å². The summed E-state index contributed by atoms with van der Waals surface area (Å²) in [5.41, 5.74) is 3.96. The number of nitrogens with zero attached hydrogens (tertiary/aromatic N) is 3. The lowest BCUT2D eigenvalue weighted by atomic mass is 9.94. The highest BCUT2D eigenvalue weighted by Gasteiger charge is 2.37. The molecule has 0 radical (unpaired) electrons. The van der Waals surface area contributed by atoms with E-state index in [9.17, 15) is 9.59 Å². The van der Waals surface area contributed by atoms with Crippen LogP contribution in [0.2, 0.25) is 0 Å². The van der Waals surface area contributed by atoms with Crippen molar-refractivity contribution in [1.29, 1.82) is 0 Å². The van der Waals surface area contributed by atoms with Gasteiger partial charge in [0.25, 0.3) is 0 Å². The van der Waals surface area contributed by atoms with E-state index in [0.717, 1.165) is 65.0 Å². The highest BCUT2D eigenvalue weighted by atomic mass is 16.2. The fourth-order valence-corrected chi connectivity index (χ4v) is 4.44. The van der Waals surface area contributed by atoms with Crippen molar-refractivity contribution in [3.8, 4) is 0 Å². The zero-order valence-electron chi connectivity index (χ0n) is 16.6. The quantitative estimate of drug-likeness (QED) is 0.823. The van der Waals surface area contributed by atoms with E-state index in [1.807, 2.05) is 9.80 Å². The first kappa shape index (κ1) is 18.3. The predicted octanol–water partition coefficient (Wildman–Crippen LogP) is 2.60. The molecule has 2 aliphatic heterocycles. The van der Waals surface area contributed by atoms with Gasteiger partial charge in [0.2, 0.25) is 11.8 Å². The van der Waals surface area contributed by atoms with Gasteiger partial charge in [0.1, 0.15) is 0 Å². The Bertz CT molecular complexity index is 712. The number of anilines is 1. The van der Waals surface area contributed by atoms with Gasteiger partial charge >= 0.3 is 0 Å². The molecule has 3 fully saturated rings. The summed E-state index contributed by atoms with van der Waals surface area (Å²) in [6, 6.07) is 6.46. The molecule has 0 bridgehead atoms. The van der Waals surface area contributed by atoms with Crippen molar-refractivity contribution >= 4 is 17.5 Å². The molecule has 1 aliphatic carbocycles. The van der Waals surface area contributed by atoms with Gasteiger partial charge in [0, 0.05) is 56.8 Å². The normalized spacial score (nSPS) is 21.5. The number of amides is 2. The lowest BCUT2D eigenvalue weighted by Crippen LogP contribution is -2.52. The van der Waals surface area contributed by atoms with E-state index in [4.69, 9.17) is 0 Å². The summed E-state index contributed by atoms with van der Waals surface area (Å²) in [7, 11) is 0. The fourth-order valence-electron chi connectivity index (χ4n) is 4.44. The number of aryl methyl sites for hydroxylation is 1. The van der Waals surface area contributed by atoms with Gasteiger partial charge in [-0.15, -0.1) is 0 Å². The Morgan fingerprint density at radius 3 is 1.93 bits per heavy atom. The third-order valence-electron chi connectivity index (χ3n) is 6.59. The Hall–Kier alpha value is -2.04. The zero-order valence-corrected chi connectivity index (χ0v) is 16.6. The number of piperazine rings is 1. The van der Waals surface area contributed by atoms with Crippen LogP contribution in [0.15, 0.2) is 18.2 Å². The summed E-state index contributed by atoms with van der Waals surface area (Å²) >= 11 is 0. The molecule has 0 aromatic heterocycles. The number of carbonyl (C=O) groups is 2. The van der Waals surface area contributed by atoms with Crippen LogP contribution in [0.5, 0.6) is 0 Å². The molecule has 0 spiro atoms. The zero-order chi connectivity index (χ0) is 19.0. The van der Waals surface area contributed by atoms with Crippen molar-refractivity contribution in [1.82, 2.24) is 9.80 Å². The first-order chi connectivity index (χ1) is 13.0. The molecule has 2 heterocycles. The second-order valence-corrected chi connectivity index (χ2v) is 8.41. The van der Waals surface area contributed by atoms with Crippen LogP contribution in [0.1, 0.15) is 36.8 Å². The summed E-state index contributed by atoms with van der Waals surface area (Å²) in [6.07, 6.45) is 3.77. The molecule has 3 aliphatic rings. The summed E-state index contributed by atoms with van der Waals surface area (Å²) in [4.78, 5) is 31.6. The highest BCUT2D eigenvalue weighted by molar-refractivity contribution is 5.82. The monoisotopic (exact) mass is 369 g/mol. The van der Waals surface area contributed by atoms with Gasteiger partial charge in [0.15, 0.2) is 0 Å². The first-order valence-corrected chi connectivity index (χ1v) is 10.4. The maximum atomic E-state index is 12.9. The van der Waals surface area contributed by atoms with Crippen LogP contribution in [-0.2, 0) is 9.59 Å². The van der Waals surface area contributed by atoms with Crippen molar-refractivity contribution in [3.05, 3.63) is 29.3 Å². The van der Waals surface area contributed by atoms with Crippen LogP contribution in [0.3, 0.4) is 0 Å². The minimum absolute atomic E-state index is 0.0977. The maximum absolute atomic E-state index is 12.9.